The number of imidazole rings is 1. The Bertz CT molecular complexity index is 1840. The molecule has 1 aliphatic rings. The Labute approximate surface area is 251 Å². The molecule has 1 aliphatic carbocycles. The number of aryl methyl sites for hydroxylation is 1. The van der Waals surface area contributed by atoms with Crippen LogP contribution < -0.4 is 5.32 Å². The Kier molecular flexibility index (Phi) is 8.38. The SMILES string of the molecule is Cc1cc(F)c(C(=O)Nc2cccc(-c3nncn3C(C)C)n2)cc1-n1cnc(C2CC2)c1.O=C(O)c1cc(O)ccc1O. The van der Waals surface area contributed by atoms with Crippen LogP contribution in [0.15, 0.2) is 67.4 Å². The summed E-state index contributed by atoms with van der Waals surface area (Å²) in [5, 5.41) is 37.0. The smallest absolute Gasteiger partial charge is 0.339 e. The molecular formula is C31H30FN7O5. The molecule has 13 heteroatoms. The van der Waals surface area contributed by atoms with Crippen LogP contribution in [0.3, 0.4) is 0 Å². The summed E-state index contributed by atoms with van der Waals surface area (Å²) in [4.78, 5) is 32.2. The molecule has 0 aliphatic heterocycles. The van der Waals surface area contributed by atoms with E-state index in [2.05, 4.69) is 25.5 Å². The lowest BCUT2D eigenvalue weighted by Crippen LogP contribution is -2.16. The van der Waals surface area contributed by atoms with Crippen molar-refractivity contribution in [3.05, 3.63) is 95.6 Å². The molecule has 44 heavy (non-hydrogen) atoms. The fourth-order valence-corrected chi connectivity index (χ4v) is 4.48. The number of hydrogen-bond donors (Lipinski definition) is 4. The molecule has 0 atom stereocenters. The van der Waals surface area contributed by atoms with Crippen molar-refractivity contribution in [3.8, 4) is 28.7 Å². The van der Waals surface area contributed by atoms with Gasteiger partial charge < -0.3 is 29.8 Å². The van der Waals surface area contributed by atoms with Crippen molar-refractivity contribution in [2.24, 2.45) is 0 Å². The van der Waals surface area contributed by atoms with Crippen molar-refractivity contribution < 1.29 is 29.3 Å². The van der Waals surface area contributed by atoms with Crippen molar-refractivity contribution in [1.29, 1.82) is 0 Å². The number of phenols is 2. The number of pyridine rings is 1. The van der Waals surface area contributed by atoms with Gasteiger partial charge in [0, 0.05) is 18.2 Å². The normalized spacial score (nSPS) is 12.5. The number of amides is 1. The first-order valence-corrected chi connectivity index (χ1v) is 13.8. The summed E-state index contributed by atoms with van der Waals surface area (Å²) < 4.78 is 18.5. The van der Waals surface area contributed by atoms with Crippen LogP contribution in [-0.4, -0.2) is 56.5 Å². The monoisotopic (exact) mass is 599 g/mol. The van der Waals surface area contributed by atoms with Gasteiger partial charge >= 0.3 is 5.97 Å². The van der Waals surface area contributed by atoms with Gasteiger partial charge in [-0.25, -0.2) is 19.2 Å². The lowest BCUT2D eigenvalue weighted by molar-refractivity contribution is 0.0693. The molecule has 0 saturated heterocycles. The maximum absolute atomic E-state index is 14.8. The van der Waals surface area contributed by atoms with E-state index in [0.29, 0.717) is 28.9 Å². The molecule has 1 amide bonds. The maximum atomic E-state index is 14.8. The summed E-state index contributed by atoms with van der Waals surface area (Å²) in [5.74, 6) is -1.56. The van der Waals surface area contributed by atoms with Gasteiger partial charge in [0.2, 0.25) is 0 Å². The van der Waals surface area contributed by atoms with E-state index in [1.54, 1.807) is 36.9 Å². The van der Waals surface area contributed by atoms with Gasteiger partial charge in [-0.1, -0.05) is 6.07 Å². The highest BCUT2D eigenvalue weighted by Gasteiger charge is 2.26. The molecule has 3 aromatic heterocycles. The summed E-state index contributed by atoms with van der Waals surface area (Å²) in [6, 6.07) is 11.6. The van der Waals surface area contributed by atoms with Crippen LogP contribution in [0.4, 0.5) is 10.2 Å². The molecule has 0 bridgehead atoms. The Hall–Kier alpha value is -5.59. The molecule has 3 heterocycles. The minimum Gasteiger partial charge on any atom is -0.508 e. The number of carbonyl (C=O) groups is 2. The summed E-state index contributed by atoms with van der Waals surface area (Å²) >= 11 is 0. The lowest BCUT2D eigenvalue weighted by atomic mass is 10.1. The van der Waals surface area contributed by atoms with Gasteiger partial charge in [0.15, 0.2) is 5.82 Å². The molecule has 4 N–H and O–H groups in total. The third-order valence-electron chi connectivity index (χ3n) is 6.97. The third-order valence-corrected chi connectivity index (χ3v) is 6.97. The average molecular weight is 600 g/mol. The zero-order valence-corrected chi connectivity index (χ0v) is 24.1. The highest BCUT2D eigenvalue weighted by molar-refractivity contribution is 6.04. The number of nitrogens with one attached hydrogen (secondary N) is 1. The molecule has 0 spiro atoms. The van der Waals surface area contributed by atoms with Crippen LogP contribution in [0.25, 0.3) is 17.2 Å². The van der Waals surface area contributed by atoms with Crippen molar-refractivity contribution in [1.82, 2.24) is 29.3 Å². The van der Waals surface area contributed by atoms with E-state index < -0.39 is 17.7 Å². The molecule has 226 valence electrons. The number of carboxylic acid groups (broad SMARTS) is 1. The van der Waals surface area contributed by atoms with Crippen LogP contribution in [0.2, 0.25) is 0 Å². The van der Waals surface area contributed by atoms with Gasteiger partial charge in [0.25, 0.3) is 5.91 Å². The van der Waals surface area contributed by atoms with Crippen LogP contribution in [-0.2, 0) is 0 Å². The van der Waals surface area contributed by atoms with Gasteiger partial charge in [-0.3, -0.25) is 4.79 Å². The van der Waals surface area contributed by atoms with E-state index in [1.165, 1.54) is 12.1 Å². The fraction of sp³-hybridized carbons (Fsp3) is 0.226. The number of anilines is 1. The number of rotatable bonds is 7. The predicted octanol–water partition coefficient (Wildman–Crippen LogP) is 5.48. The number of hydrogen-bond acceptors (Lipinski definition) is 8. The summed E-state index contributed by atoms with van der Waals surface area (Å²) in [7, 11) is 0. The standard InChI is InChI=1S/C24H24FN7O.C7H6O4/c1-14(2)32-13-27-30-23(32)19-5-4-6-22(28-19)29-24(33)17-10-21(15(3)9-18(17)25)31-11-20(26-12-31)16-7-8-16;8-4-1-2-6(9)5(3-4)7(10)11/h4-6,9-14,16H,7-8H2,1-3H3,(H,28,29,33);1-3,8-9H,(H,10,11). The number of aromatic carboxylic acids is 1. The number of carbonyl (C=O) groups excluding carboxylic acids is 1. The van der Waals surface area contributed by atoms with Crippen LogP contribution in [0.1, 0.15) is 70.6 Å². The molecule has 12 nitrogen and oxygen atoms in total. The van der Waals surface area contributed by atoms with Gasteiger partial charge in [-0.05, 0) is 81.6 Å². The second-order valence-corrected chi connectivity index (χ2v) is 10.6. The minimum absolute atomic E-state index is 0.0603. The fourth-order valence-electron chi connectivity index (χ4n) is 4.48. The zero-order valence-electron chi connectivity index (χ0n) is 24.1. The number of carboxylic acids is 1. The number of nitrogens with zero attached hydrogens (tertiary/aromatic N) is 6. The predicted molar refractivity (Wildman–Crippen MR) is 159 cm³/mol. The summed E-state index contributed by atoms with van der Waals surface area (Å²) in [5.41, 5.74) is 2.67. The van der Waals surface area contributed by atoms with E-state index in [0.717, 1.165) is 36.2 Å². The third kappa shape index (κ3) is 6.56. The number of halogens is 1. The Morgan fingerprint density at radius 1 is 1.05 bits per heavy atom. The number of aromatic hydroxyl groups is 2. The molecule has 0 unspecified atom stereocenters. The second kappa shape index (κ2) is 12.3. The number of aromatic nitrogens is 6. The van der Waals surface area contributed by atoms with E-state index >= 15 is 0 Å². The topological polar surface area (TPSA) is 168 Å². The molecule has 0 radical (unpaired) electrons. The largest absolute Gasteiger partial charge is 0.508 e. The summed E-state index contributed by atoms with van der Waals surface area (Å²) in [6.45, 7) is 5.85. The Morgan fingerprint density at radius 3 is 2.50 bits per heavy atom. The number of phenolic OH excluding ortho intramolecular Hbond substituents is 1. The van der Waals surface area contributed by atoms with Gasteiger partial charge in [-0.15, -0.1) is 10.2 Å². The molecular weight excluding hydrogens is 569 g/mol. The van der Waals surface area contributed by atoms with Crippen molar-refractivity contribution >= 4 is 17.7 Å². The Morgan fingerprint density at radius 2 is 1.82 bits per heavy atom. The maximum Gasteiger partial charge on any atom is 0.339 e. The highest BCUT2D eigenvalue weighted by atomic mass is 19.1. The first-order valence-electron chi connectivity index (χ1n) is 13.8. The van der Waals surface area contributed by atoms with Crippen molar-refractivity contribution in [2.45, 2.75) is 45.6 Å². The quantitative estimate of drug-likeness (QED) is 0.177. The van der Waals surface area contributed by atoms with Crippen LogP contribution >= 0.6 is 0 Å². The van der Waals surface area contributed by atoms with Crippen LogP contribution in [0.5, 0.6) is 11.5 Å². The van der Waals surface area contributed by atoms with Crippen molar-refractivity contribution in [3.63, 3.8) is 0 Å². The molecule has 2 aromatic carbocycles. The van der Waals surface area contributed by atoms with Gasteiger partial charge in [0.05, 0.1) is 23.3 Å². The molecule has 1 saturated carbocycles. The van der Waals surface area contributed by atoms with Gasteiger partial charge in [0.1, 0.15) is 40.7 Å². The average Bonchev–Trinajstić information content (AvgIpc) is 3.49. The molecule has 1 fully saturated rings. The van der Waals surface area contributed by atoms with Crippen LogP contribution in [0, 0.1) is 12.7 Å². The van der Waals surface area contributed by atoms with E-state index in [4.69, 9.17) is 15.3 Å². The van der Waals surface area contributed by atoms with Crippen molar-refractivity contribution in [2.75, 3.05) is 5.32 Å². The Balaban J connectivity index is 0.000000296. The number of benzene rings is 2. The first-order chi connectivity index (χ1) is 21.0. The van der Waals surface area contributed by atoms with E-state index in [9.17, 15) is 14.0 Å². The van der Waals surface area contributed by atoms with E-state index in [1.807, 2.05) is 36.1 Å². The van der Waals surface area contributed by atoms with E-state index in [-0.39, 0.29) is 28.7 Å². The lowest BCUT2D eigenvalue weighted by Gasteiger charge is -2.12. The molecule has 5 aromatic rings. The molecule has 6 rings (SSSR count). The van der Waals surface area contributed by atoms with Gasteiger partial charge in [-0.2, -0.15) is 0 Å². The summed E-state index contributed by atoms with van der Waals surface area (Å²) in [6.07, 6.45) is 7.60. The second-order valence-electron chi connectivity index (χ2n) is 10.6. The minimum atomic E-state index is -1.27. The first kappa shape index (κ1) is 29.9. The highest BCUT2D eigenvalue weighted by Crippen LogP contribution is 2.39. The zero-order chi connectivity index (χ0) is 31.5.